The number of aryl methyl sites for hydroxylation is 3. The number of hydrogen-bond acceptors (Lipinski definition) is 7. The van der Waals surface area contributed by atoms with Gasteiger partial charge in [-0.1, -0.05) is 29.4 Å². The first kappa shape index (κ1) is 21.5. The van der Waals surface area contributed by atoms with Gasteiger partial charge in [-0.05, 0) is 85.0 Å². The summed E-state index contributed by atoms with van der Waals surface area (Å²) in [6.07, 6.45) is 0. The maximum atomic E-state index is 12.7. The summed E-state index contributed by atoms with van der Waals surface area (Å²) in [6.45, 7) is 10.7. The minimum atomic E-state index is -0.489. The lowest BCUT2D eigenvalue weighted by Gasteiger charge is -2.27. The number of allylic oxidation sites excluding steroid dienone is 1. The van der Waals surface area contributed by atoms with Crippen molar-refractivity contribution in [1.82, 2.24) is 20.2 Å². The monoisotopic (exact) mass is 433 g/mol. The summed E-state index contributed by atoms with van der Waals surface area (Å²) in [5, 5.41) is 14.9. The predicted molar refractivity (Wildman–Crippen MR) is 120 cm³/mol. The fourth-order valence-electron chi connectivity index (χ4n) is 3.88. The van der Waals surface area contributed by atoms with Crippen LogP contribution in [0.2, 0.25) is 0 Å². The van der Waals surface area contributed by atoms with Gasteiger partial charge in [-0.3, -0.25) is 0 Å². The molecule has 3 aromatic rings. The molecule has 0 spiro atoms. The van der Waals surface area contributed by atoms with Gasteiger partial charge in [0.1, 0.15) is 18.4 Å². The summed E-state index contributed by atoms with van der Waals surface area (Å²) in [5.74, 6) is 0.830. The van der Waals surface area contributed by atoms with E-state index in [2.05, 4.69) is 53.7 Å². The third kappa shape index (κ3) is 4.08. The van der Waals surface area contributed by atoms with Crippen molar-refractivity contribution in [3.8, 4) is 5.75 Å². The standard InChI is InChI=1S/C24H27N5O3/c1-6-31-23(30)21-17(5)25-24-26-27-28-29(24)22(21)18-7-9-20(10-8-18)32-13-19-12-15(3)14(2)11-16(19)4/h7-12,22H,6,13H2,1-5H3,(H,25,26,28). The second kappa shape index (κ2) is 8.82. The molecule has 0 radical (unpaired) electrons. The van der Waals surface area contributed by atoms with E-state index in [1.54, 1.807) is 11.6 Å². The Morgan fingerprint density at radius 3 is 2.50 bits per heavy atom. The van der Waals surface area contributed by atoms with Crippen molar-refractivity contribution < 1.29 is 14.3 Å². The van der Waals surface area contributed by atoms with Crippen LogP contribution < -0.4 is 10.1 Å². The minimum absolute atomic E-state index is 0.287. The Balaban J connectivity index is 1.59. The number of esters is 1. The summed E-state index contributed by atoms with van der Waals surface area (Å²) < 4.78 is 12.9. The zero-order valence-electron chi connectivity index (χ0n) is 19.0. The number of anilines is 1. The number of fused-ring (bicyclic) bond motifs is 1. The number of rotatable bonds is 6. The molecular formula is C24H27N5O3. The fraction of sp³-hybridized carbons (Fsp3) is 0.333. The van der Waals surface area contributed by atoms with Crippen LogP contribution in [0.4, 0.5) is 5.95 Å². The van der Waals surface area contributed by atoms with Crippen molar-refractivity contribution in [3.63, 3.8) is 0 Å². The van der Waals surface area contributed by atoms with Crippen molar-refractivity contribution in [1.29, 1.82) is 0 Å². The van der Waals surface area contributed by atoms with Crippen LogP contribution in [0.5, 0.6) is 5.75 Å². The number of aromatic nitrogens is 4. The van der Waals surface area contributed by atoms with Crippen molar-refractivity contribution in [2.45, 2.75) is 47.3 Å². The molecule has 0 amide bonds. The number of carbonyl (C=O) groups excluding carboxylic acids is 1. The molecular weight excluding hydrogens is 406 g/mol. The van der Waals surface area contributed by atoms with Crippen molar-refractivity contribution in [3.05, 3.63) is 75.5 Å². The first-order chi connectivity index (χ1) is 15.4. The Kier molecular flexibility index (Phi) is 5.94. The lowest BCUT2D eigenvalue weighted by atomic mass is 9.96. The van der Waals surface area contributed by atoms with E-state index in [0.717, 1.165) is 16.9 Å². The van der Waals surface area contributed by atoms with E-state index >= 15 is 0 Å². The largest absolute Gasteiger partial charge is 0.489 e. The normalized spacial score (nSPS) is 15.2. The highest BCUT2D eigenvalue weighted by molar-refractivity contribution is 5.92. The van der Waals surface area contributed by atoms with Crippen LogP contribution >= 0.6 is 0 Å². The third-order valence-corrected chi connectivity index (χ3v) is 5.75. The molecule has 0 aliphatic carbocycles. The molecule has 1 atom stereocenters. The lowest BCUT2D eigenvalue weighted by molar-refractivity contribution is -0.139. The summed E-state index contributed by atoms with van der Waals surface area (Å²) in [5.41, 5.74) is 6.91. The number of nitrogens with zero attached hydrogens (tertiary/aromatic N) is 4. The van der Waals surface area contributed by atoms with Crippen LogP contribution in [-0.2, 0) is 16.1 Å². The molecule has 0 bridgehead atoms. The molecule has 1 aliphatic heterocycles. The number of carbonyl (C=O) groups is 1. The SMILES string of the molecule is CCOC(=O)C1=C(C)Nc2nnnn2C1c1ccc(OCc2cc(C)c(C)cc2C)cc1. The Morgan fingerprint density at radius 2 is 1.78 bits per heavy atom. The highest BCUT2D eigenvalue weighted by atomic mass is 16.5. The summed E-state index contributed by atoms with van der Waals surface area (Å²) in [6, 6.07) is 11.5. The van der Waals surface area contributed by atoms with Gasteiger partial charge in [0.25, 0.3) is 0 Å². The van der Waals surface area contributed by atoms with Gasteiger partial charge in [-0.2, -0.15) is 4.68 Å². The van der Waals surface area contributed by atoms with Gasteiger partial charge >= 0.3 is 5.97 Å². The van der Waals surface area contributed by atoms with Crippen molar-refractivity contribution >= 4 is 11.9 Å². The van der Waals surface area contributed by atoms with E-state index in [1.165, 1.54) is 16.7 Å². The number of benzene rings is 2. The number of hydrogen-bond donors (Lipinski definition) is 1. The summed E-state index contributed by atoms with van der Waals surface area (Å²) in [4.78, 5) is 12.7. The minimum Gasteiger partial charge on any atom is -0.489 e. The van der Waals surface area contributed by atoms with E-state index < -0.39 is 12.0 Å². The molecule has 8 nitrogen and oxygen atoms in total. The van der Waals surface area contributed by atoms with Crippen LogP contribution in [0.15, 0.2) is 47.7 Å². The van der Waals surface area contributed by atoms with Gasteiger partial charge in [-0.25, -0.2) is 4.79 Å². The lowest BCUT2D eigenvalue weighted by Crippen LogP contribution is -2.29. The maximum absolute atomic E-state index is 12.7. The maximum Gasteiger partial charge on any atom is 0.338 e. The highest BCUT2D eigenvalue weighted by Gasteiger charge is 2.34. The first-order valence-electron chi connectivity index (χ1n) is 10.6. The van der Waals surface area contributed by atoms with Crippen LogP contribution in [0.1, 0.15) is 47.7 Å². The smallest absolute Gasteiger partial charge is 0.338 e. The molecule has 8 heteroatoms. The second-order valence-electron chi connectivity index (χ2n) is 7.95. The molecule has 1 unspecified atom stereocenters. The van der Waals surface area contributed by atoms with Crippen LogP contribution in [0.25, 0.3) is 0 Å². The highest BCUT2D eigenvalue weighted by Crippen LogP contribution is 2.35. The quantitative estimate of drug-likeness (QED) is 0.587. The van der Waals surface area contributed by atoms with E-state index in [4.69, 9.17) is 9.47 Å². The second-order valence-corrected chi connectivity index (χ2v) is 7.95. The van der Waals surface area contributed by atoms with Gasteiger partial charge in [0.2, 0.25) is 5.95 Å². The molecule has 32 heavy (non-hydrogen) atoms. The third-order valence-electron chi connectivity index (χ3n) is 5.75. The summed E-state index contributed by atoms with van der Waals surface area (Å²) >= 11 is 0. The molecule has 0 saturated carbocycles. The molecule has 166 valence electrons. The molecule has 0 fully saturated rings. The van der Waals surface area contributed by atoms with Crippen molar-refractivity contribution in [2.24, 2.45) is 0 Å². The number of ether oxygens (including phenoxy) is 2. The van der Waals surface area contributed by atoms with Crippen LogP contribution in [0.3, 0.4) is 0 Å². The number of tetrazole rings is 1. The zero-order valence-corrected chi connectivity index (χ0v) is 19.0. The van der Waals surface area contributed by atoms with Gasteiger partial charge in [0.05, 0.1) is 12.2 Å². The molecule has 1 N–H and O–H groups in total. The molecule has 2 aromatic carbocycles. The van der Waals surface area contributed by atoms with Crippen LogP contribution in [0, 0.1) is 20.8 Å². The van der Waals surface area contributed by atoms with Gasteiger partial charge < -0.3 is 14.8 Å². The van der Waals surface area contributed by atoms with E-state index in [9.17, 15) is 4.79 Å². The summed E-state index contributed by atoms with van der Waals surface area (Å²) in [7, 11) is 0. The van der Waals surface area contributed by atoms with E-state index in [1.807, 2.05) is 31.2 Å². The molecule has 1 aromatic heterocycles. The number of nitrogens with one attached hydrogen (secondary N) is 1. The Bertz CT molecular complexity index is 1180. The van der Waals surface area contributed by atoms with Gasteiger partial charge in [0, 0.05) is 5.70 Å². The Morgan fingerprint density at radius 1 is 1.06 bits per heavy atom. The van der Waals surface area contributed by atoms with Crippen LogP contribution in [-0.4, -0.2) is 32.8 Å². The Labute approximate surface area is 187 Å². The zero-order chi connectivity index (χ0) is 22.8. The average Bonchev–Trinajstić information content (AvgIpc) is 3.23. The van der Waals surface area contributed by atoms with Gasteiger partial charge in [0.15, 0.2) is 0 Å². The first-order valence-corrected chi connectivity index (χ1v) is 10.6. The topological polar surface area (TPSA) is 91.2 Å². The molecule has 0 saturated heterocycles. The Hall–Kier alpha value is -3.68. The predicted octanol–water partition coefficient (Wildman–Crippen LogP) is 4.03. The molecule has 2 heterocycles. The molecule has 1 aliphatic rings. The van der Waals surface area contributed by atoms with Crippen molar-refractivity contribution in [2.75, 3.05) is 11.9 Å². The fourth-order valence-corrected chi connectivity index (χ4v) is 3.88. The van der Waals surface area contributed by atoms with Gasteiger partial charge in [-0.15, -0.1) is 0 Å². The molecule has 4 rings (SSSR count). The van der Waals surface area contributed by atoms with E-state index in [-0.39, 0.29) is 6.61 Å². The van der Waals surface area contributed by atoms with E-state index in [0.29, 0.717) is 23.8 Å². The average molecular weight is 434 g/mol.